The molecule has 0 spiro atoms. The summed E-state index contributed by atoms with van der Waals surface area (Å²) in [7, 11) is 0. The standard InChI is InChI=1S/C26H23NO3/c1-18-10-8-9-15-21(18)27-24(20-13-6-3-7-14-20)23(25(29)26(27)30)22(28)17-16-19-11-4-2-5-12-19/h2-15,24,29H,16-17H2,1H3. The van der Waals surface area contributed by atoms with Crippen LogP contribution in [0.4, 0.5) is 5.69 Å². The maximum absolute atomic E-state index is 13.2. The second-order valence-corrected chi connectivity index (χ2v) is 7.45. The van der Waals surface area contributed by atoms with Gasteiger partial charge in [-0.2, -0.15) is 0 Å². The molecule has 1 heterocycles. The SMILES string of the molecule is Cc1ccccc1N1C(=O)C(O)=C(C(=O)CCc2ccccc2)C1c1ccccc1. The summed E-state index contributed by atoms with van der Waals surface area (Å²) < 4.78 is 0. The fraction of sp³-hybridized carbons (Fsp3) is 0.154. The first-order chi connectivity index (χ1) is 14.6. The summed E-state index contributed by atoms with van der Waals surface area (Å²) in [5.74, 6) is -1.21. The van der Waals surface area contributed by atoms with Gasteiger partial charge in [0.15, 0.2) is 11.5 Å². The van der Waals surface area contributed by atoms with E-state index in [0.29, 0.717) is 12.1 Å². The Bertz CT molecular complexity index is 1100. The molecule has 3 aromatic rings. The molecule has 150 valence electrons. The number of rotatable bonds is 6. The van der Waals surface area contributed by atoms with Crippen LogP contribution in [0.5, 0.6) is 0 Å². The molecule has 1 N–H and O–H groups in total. The Kier molecular flexibility index (Phi) is 5.48. The highest BCUT2D eigenvalue weighted by Crippen LogP contribution is 2.42. The molecule has 0 aliphatic carbocycles. The van der Waals surface area contributed by atoms with Crippen LogP contribution in [0.3, 0.4) is 0 Å². The van der Waals surface area contributed by atoms with Crippen LogP contribution in [0.25, 0.3) is 0 Å². The fourth-order valence-corrected chi connectivity index (χ4v) is 3.96. The maximum atomic E-state index is 13.2. The molecule has 0 bridgehead atoms. The van der Waals surface area contributed by atoms with Crippen molar-refractivity contribution in [3.8, 4) is 0 Å². The Hall–Kier alpha value is -3.66. The number of carbonyl (C=O) groups is 2. The number of carbonyl (C=O) groups excluding carboxylic acids is 2. The van der Waals surface area contributed by atoms with E-state index in [0.717, 1.165) is 16.7 Å². The van der Waals surface area contributed by atoms with E-state index in [2.05, 4.69) is 0 Å². The summed E-state index contributed by atoms with van der Waals surface area (Å²) in [6.45, 7) is 1.91. The van der Waals surface area contributed by atoms with Crippen LogP contribution in [0.15, 0.2) is 96.3 Å². The third kappa shape index (κ3) is 3.64. The van der Waals surface area contributed by atoms with Crippen LogP contribution < -0.4 is 4.90 Å². The fourth-order valence-electron chi connectivity index (χ4n) is 3.96. The van der Waals surface area contributed by atoms with Crippen LogP contribution in [-0.4, -0.2) is 16.8 Å². The number of anilines is 1. The summed E-state index contributed by atoms with van der Waals surface area (Å²) in [5.41, 5.74) is 3.60. The van der Waals surface area contributed by atoms with E-state index in [4.69, 9.17) is 0 Å². The van der Waals surface area contributed by atoms with Gasteiger partial charge in [-0.1, -0.05) is 78.9 Å². The van der Waals surface area contributed by atoms with Crippen molar-refractivity contribution in [1.82, 2.24) is 0 Å². The number of para-hydroxylation sites is 1. The number of ketones is 1. The van der Waals surface area contributed by atoms with Gasteiger partial charge in [-0.3, -0.25) is 14.5 Å². The summed E-state index contributed by atoms with van der Waals surface area (Å²) in [4.78, 5) is 27.9. The van der Waals surface area contributed by atoms with E-state index < -0.39 is 17.7 Å². The molecule has 4 rings (SSSR count). The maximum Gasteiger partial charge on any atom is 0.294 e. The van der Waals surface area contributed by atoms with E-state index in [1.54, 1.807) is 0 Å². The lowest BCUT2D eigenvalue weighted by Gasteiger charge is -2.28. The minimum atomic E-state index is -0.650. The molecule has 1 unspecified atom stereocenters. The molecular weight excluding hydrogens is 374 g/mol. The quantitative estimate of drug-likeness (QED) is 0.630. The number of aliphatic hydroxyl groups is 1. The lowest BCUT2D eigenvalue weighted by Crippen LogP contribution is -2.31. The van der Waals surface area contributed by atoms with Crippen molar-refractivity contribution in [1.29, 1.82) is 0 Å². The third-order valence-electron chi connectivity index (χ3n) is 5.48. The van der Waals surface area contributed by atoms with E-state index in [-0.39, 0.29) is 17.8 Å². The molecule has 4 heteroatoms. The predicted octanol–water partition coefficient (Wildman–Crippen LogP) is 5.10. The molecule has 0 fully saturated rings. The van der Waals surface area contributed by atoms with Gasteiger partial charge in [0.25, 0.3) is 5.91 Å². The summed E-state index contributed by atoms with van der Waals surface area (Å²) >= 11 is 0. The van der Waals surface area contributed by atoms with E-state index in [9.17, 15) is 14.7 Å². The van der Waals surface area contributed by atoms with Gasteiger partial charge in [0, 0.05) is 12.1 Å². The zero-order chi connectivity index (χ0) is 21.1. The van der Waals surface area contributed by atoms with Gasteiger partial charge in [0.05, 0.1) is 11.6 Å². The highest BCUT2D eigenvalue weighted by molar-refractivity contribution is 6.16. The molecular formula is C26H23NO3. The van der Waals surface area contributed by atoms with Gasteiger partial charge in [0.1, 0.15) is 0 Å². The van der Waals surface area contributed by atoms with Crippen molar-refractivity contribution in [3.63, 3.8) is 0 Å². The van der Waals surface area contributed by atoms with Crippen LogP contribution in [-0.2, 0) is 16.0 Å². The molecule has 0 radical (unpaired) electrons. The molecule has 3 aromatic carbocycles. The molecule has 4 nitrogen and oxygen atoms in total. The zero-order valence-corrected chi connectivity index (χ0v) is 16.8. The van der Waals surface area contributed by atoms with Gasteiger partial charge < -0.3 is 5.11 Å². The molecule has 1 atom stereocenters. The Morgan fingerprint density at radius 1 is 0.900 bits per heavy atom. The number of aliphatic hydroxyl groups excluding tert-OH is 1. The number of hydrogen-bond acceptors (Lipinski definition) is 3. The molecule has 1 aliphatic rings. The highest BCUT2D eigenvalue weighted by atomic mass is 16.3. The first kappa shape index (κ1) is 19.6. The molecule has 0 saturated carbocycles. The topological polar surface area (TPSA) is 57.6 Å². The Morgan fingerprint density at radius 3 is 2.17 bits per heavy atom. The normalized spacial score (nSPS) is 16.2. The molecule has 30 heavy (non-hydrogen) atoms. The number of Topliss-reactive ketones (excluding diaryl/α,β-unsaturated/α-hetero) is 1. The van der Waals surface area contributed by atoms with Crippen LogP contribution in [0.2, 0.25) is 0 Å². The van der Waals surface area contributed by atoms with Gasteiger partial charge in [-0.15, -0.1) is 0 Å². The second kappa shape index (κ2) is 8.37. The largest absolute Gasteiger partial charge is 0.503 e. The van der Waals surface area contributed by atoms with Gasteiger partial charge in [-0.05, 0) is 36.1 Å². The lowest BCUT2D eigenvalue weighted by molar-refractivity contribution is -0.118. The average Bonchev–Trinajstić information content (AvgIpc) is 3.04. The number of benzene rings is 3. The number of nitrogens with zero attached hydrogens (tertiary/aromatic N) is 1. The van der Waals surface area contributed by atoms with Gasteiger partial charge >= 0.3 is 0 Å². The van der Waals surface area contributed by atoms with Crippen LogP contribution >= 0.6 is 0 Å². The Balaban J connectivity index is 1.73. The second-order valence-electron chi connectivity index (χ2n) is 7.45. The molecule has 0 saturated heterocycles. The van der Waals surface area contributed by atoms with Gasteiger partial charge in [-0.25, -0.2) is 0 Å². The van der Waals surface area contributed by atoms with Crippen LogP contribution in [0, 0.1) is 6.92 Å². The van der Waals surface area contributed by atoms with Crippen molar-refractivity contribution in [2.75, 3.05) is 4.90 Å². The minimum absolute atomic E-state index is 0.172. The first-order valence-electron chi connectivity index (χ1n) is 10.0. The minimum Gasteiger partial charge on any atom is -0.503 e. The Morgan fingerprint density at radius 2 is 1.50 bits per heavy atom. The van der Waals surface area contributed by atoms with E-state index in [1.807, 2.05) is 91.9 Å². The summed E-state index contributed by atoms with van der Waals surface area (Å²) in [6, 6.07) is 26.0. The van der Waals surface area contributed by atoms with Gasteiger partial charge in [0.2, 0.25) is 0 Å². The number of hydrogen-bond donors (Lipinski definition) is 1. The molecule has 1 aliphatic heterocycles. The van der Waals surface area contributed by atoms with Crippen LogP contribution in [0.1, 0.15) is 29.2 Å². The zero-order valence-electron chi connectivity index (χ0n) is 16.8. The average molecular weight is 397 g/mol. The van der Waals surface area contributed by atoms with Crippen molar-refractivity contribution in [3.05, 3.63) is 113 Å². The summed E-state index contributed by atoms with van der Waals surface area (Å²) in [5, 5.41) is 10.7. The third-order valence-corrected chi connectivity index (χ3v) is 5.48. The van der Waals surface area contributed by atoms with E-state index >= 15 is 0 Å². The van der Waals surface area contributed by atoms with Crippen molar-refractivity contribution < 1.29 is 14.7 Å². The number of aryl methyl sites for hydroxylation is 2. The Labute approximate surface area is 176 Å². The monoisotopic (exact) mass is 397 g/mol. The molecule has 1 amide bonds. The smallest absolute Gasteiger partial charge is 0.294 e. The van der Waals surface area contributed by atoms with Crippen molar-refractivity contribution in [2.24, 2.45) is 0 Å². The van der Waals surface area contributed by atoms with Crippen molar-refractivity contribution in [2.45, 2.75) is 25.8 Å². The first-order valence-corrected chi connectivity index (χ1v) is 10.0. The molecule has 0 aromatic heterocycles. The number of amides is 1. The van der Waals surface area contributed by atoms with E-state index in [1.165, 1.54) is 4.90 Å². The summed E-state index contributed by atoms with van der Waals surface area (Å²) in [6.07, 6.45) is 0.776. The van der Waals surface area contributed by atoms with Crippen molar-refractivity contribution >= 4 is 17.4 Å². The lowest BCUT2D eigenvalue weighted by atomic mass is 9.93. The predicted molar refractivity (Wildman–Crippen MR) is 117 cm³/mol. The highest BCUT2D eigenvalue weighted by Gasteiger charge is 2.44.